The Morgan fingerprint density at radius 3 is 2.27 bits per heavy atom. The number of amides is 1. The topological polar surface area (TPSA) is 61.4 Å². The maximum Gasteiger partial charge on any atom is 0.221 e. The van der Waals surface area contributed by atoms with E-state index in [0.717, 1.165) is 54.5 Å². The second kappa shape index (κ2) is 7.83. The van der Waals surface area contributed by atoms with E-state index < -0.39 is 0 Å². The minimum Gasteiger partial charge on any atom is -0.353 e. The van der Waals surface area contributed by atoms with E-state index in [1.807, 2.05) is 24.3 Å². The zero-order valence-electron chi connectivity index (χ0n) is 16.0. The summed E-state index contributed by atoms with van der Waals surface area (Å²) in [6, 6.07) is 10.4. The quantitative estimate of drug-likeness (QED) is 0.916. The number of piperazine rings is 1. The Balaban J connectivity index is 1.73. The number of aryl methyl sites for hydroxylation is 1. The van der Waals surface area contributed by atoms with Crippen molar-refractivity contribution in [2.75, 3.05) is 36.4 Å². The Morgan fingerprint density at radius 2 is 1.73 bits per heavy atom. The highest BCUT2D eigenvalue weighted by atomic mass is 16.1. The molecule has 1 fully saturated rings. The van der Waals surface area contributed by atoms with Crippen molar-refractivity contribution in [2.45, 2.75) is 33.7 Å². The van der Waals surface area contributed by atoms with Gasteiger partial charge in [-0.25, -0.2) is 0 Å². The molecule has 2 aromatic rings. The molecule has 26 heavy (non-hydrogen) atoms. The van der Waals surface area contributed by atoms with Crippen LogP contribution in [0, 0.1) is 6.92 Å². The summed E-state index contributed by atoms with van der Waals surface area (Å²) in [6.45, 7) is 12.1. The minimum absolute atomic E-state index is 0.0735. The molecule has 1 aliphatic heterocycles. The van der Waals surface area contributed by atoms with Gasteiger partial charge in [-0.15, -0.1) is 10.2 Å². The lowest BCUT2D eigenvalue weighted by Crippen LogP contribution is -2.49. The maximum atomic E-state index is 11.1. The Kier molecular flexibility index (Phi) is 5.52. The summed E-state index contributed by atoms with van der Waals surface area (Å²) in [5, 5.41) is 11.7. The van der Waals surface area contributed by atoms with Gasteiger partial charge < -0.3 is 10.2 Å². The Morgan fingerprint density at radius 1 is 1.08 bits per heavy atom. The third kappa shape index (κ3) is 4.19. The van der Waals surface area contributed by atoms with E-state index in [1.165, 1.54) is 6.92 Å². The van der Waals surface area contributed by atoms with E-state index in [9.17, 15) is 4.79 Å². The number of carbonyl (C=O) groups is 1. The lowest BCUT2D eigenvalue weighted by molar-refractivity contribution is -0.114. The smallest absolute Gasteiger partial charge is 0.221 e. The van der Waals surface area contributed by atoms with Gasteiger partial charge in [-0.1, -0.05) is 12.1 Å². The number of anilines is 2. The largest absolute Gasteiger partial charge is 0.353 e. The molecular weight excluding hydrogens is 326 g/mol. The van der Waals surface area contributed by atoms with Gasteiger partial charge in [-0.2, -0.15) is 0 Å². The molecule has 3 rings (SSSR count). The molecule has 1 aliphatic rings. The van der Waals surface area contributed by atoms with Gasteiger partial charge in [0.2, 0.25) is 5.91 Å². The number of rotatable bonds is 4. The van der Waals surface area contributed by atoms with E-state index in [2.05, 4.69) is 52.2 Å². The number of benzene rings is 1. The molecule has 0 aliphatic carbocycles. The van der Waals surface area contributed by atoms with E-state index in [4.69, 9.17) is 0 Å². The zero-order valence-corrected chi connectivity index (χ0v) is 16.0. The number of aromatic nitrogens is 2. The van der Waals surface area contributed by atoms with Crippen molar-refractivity contribution < 1.29 is 4.79 Å². The molecule has 0 unspecified atom stereocenters. The summed E-state index contributed by atoms with van der Waals surface area (Å²) in [4.78, 5) is 15.9. The van der Waals surface area contributed by atoms with Gasteiger partial charge in [0, 0.05) is 50.4 Å². The molecule has 1 N–H and O–H groups in total. The zero-order chi connectivity index (χ0) is 18.7. The molecule has 0 spiro atoms. The highest BCUT2D eigenvalue weighted by Crippen LogP contribution is 2.25. The van der Waals surface area contributed by atoms with Gasteiger partial charge in [0.1, 0.15) is 0 Å². The van der Waals surface area contributed by atoms with Crippen molar-refractivity contribution in [3.8, 4) is 11.3 Å². The van der Waals surface area contributed by atoms with E-state index in [-0.39, 0.29) is 5.91 Å². The molecule has 1 amide bonds. The van der Waals surface area contributed by atoms with Crippen molar-refractivity contribution in [1.29, 1.82) is 0 Å². The van der Waals surface area contributed by atoms with Crippen molar-refractivity contribution >= 4 is 17.4 Å². The number of carbonyl (C=O) groups excluding carboxylic acids is 1. The summed E-state index contributed by atoms with van der Waals surface area (Å²) in [5.41, 5.74) is 3.77. The lowest BCUT2D eigenvalue weighted by Gasteiger charge is -2.37. The Labute approximate surface area is 155 Å². The number of hydrogen-bond donors (Lipinski definition) is 1. The second-order valence-electron chi connectivity index (χ2n) is 7.11. The van der Waals surface area contributed by atoms with Crippen LogP contribution < -0.4 is 10.2 Å². The van der Waals surface area contributed by atoms with Crippen molar-refractivity contribution in [3.63, 3.8) is 0 Å². The third-order valence-electron chi connectivity index (χ3n) is 4.82. The van der Waals surface area contributed by atoms with Gasteiger partial charge in [-0.3, -0.25) is 9.69 Å². The first-order valence-corrected chi connectivity index (χ1v) is 9.15. The summed E-state index contributed by atoms with van der Waals surface area (Å²) in [5.74, 6) is 0.875. The Bertz CT molecular complexity index is 764. The molecule has 138 valence electrons. The molecule has 0 radical (unpaired) electrons. The standard InChI is InChI=1S/C20H27N5O/c1-14(2)24-9-11-25(12-10-24)19-13-15(3)20(23-22-19)17-5-7-18(8-6-17)21-16(4)26/h5-8,13-14H,9-12H2,1-4H3,(H,21,26). The average Bonchev–Trinajstić information content (AvgIpc) is 2.62. The highest BCUT2D eigenvalue weighted by Gasteiger charge is 2.20. The first kappa shape index (κ1) is 18.3. The van der Waals surface area contributed by atoms with Crippen LogP contribution >= 0.6 is 0 Å². The first-order chi connectivity index (χ1) is 12.4. The number of nitrogens with one attached hydrogen (secondary N) is 1. The van der Waals surface area contributed by atoms with Crippen LogP contribution in [0.4, 0.5) is 11.5 Å². The van der Waals surface area contributed by atoms with Gasteiger partial charge in [-0.05, 0) is 44.5 Å². The van der Waals surface area contributed by atoms with E-state index in [1.54, 1.807) is 0 Å². The Hall–Kier alpha value is -2.47. The molecular formula is C20H27N5O. The first-order valence-electron chi connectivity index (χ1n) is 9.15. The fraction of sp³-hybridized carbons (Fsp3) is 0.450. The second-order valence-corrected chi connectivity index (χ2v) is 7.11. The molecule has 0 atom stereocenters. The van der Waals surface area contributed by atoms with Crippen molar-refractivity contribution in [2.24, 2.45) is 0 Å². The molecule has 2 heterocycles. The fourth-order valence-corrected chi connectivity index (χ4v) is 3.29. The number of nitrogens with zero attached hydrogens (tertiary/aromatic N) is 4. The predicted molar refractivity (Wildman–Crippen MR) is 105 cm³/mol. The van der Waals surface area contributed by atoms with Crippen LogP contribution in [0.2, 0.25) is 0 Å². The van der Waals surface area contributed by atoms with E-state index >= 15 is 0 Å². The van der Waals surface area contributed by atoms with Crippen LogP contribution in [0.15, 0.2) is 30.3 Å². The summed E-state index contributed by atoms with van der Waals surface area (Å²) in [6.07, 6.45) is 0. The molecule has 6 heteroatoms. The van der Waals surface area contributed by atoms with Crippen molar-refractivity contribution in [1.82, 2.24) is 15.1 Å². The van der Waals surface area contributed by atoms with Crippen LogP contribution in [0.25, 0.3) is 11.3 Å². The van der Waals surface area contributed by atoms with Gasteiger partial charge in [0.25, 0.3) is 0 Å². The summed E-state index contributed by atoms with van der Waals surface area (Å²) < 4.78 is 0. The molecule has 1 aromatic carbocycles. The van der Waals surface area contributed by atoms with Gasteiger partial charge >= 0.3 is 0 Å². The van der Waals surface area contributed by atoms with Crippen LogP contribution in [-0.4, -0.2) is 53.2 Å². The SMILES string of the molecule is CC(=O)Nc1ccc(-c2nnc(N3CCN(C(C)C)CC3)cc2C)cc1. The van der Waals surface area contributed by atoms with Crippen LogP contribution in [-0.2, 0) is 4.79 Å². The molecule has 6 nitrogen and oxygen atoms in total. The highest BCUT2D eigenvalue weighted by molar-refractivity contribution is 5.88. The number of hydrogen-bond acceptors (Lipinski definition) is 5. The van der Waals surface area contributed by atoms with Gasteiger partial charge in [0.15, 0.2) is 5.82 Å². The van der Waals surface area contributed by atoms with Gasteiger partial charge in [0.05, 0.1) is 5.69 Å². The van der Waals surface area contributed by atoms with E-state index in [0.29, 0.717) is 6.04 Å². The fourth-order valence-electron chi connectivity index (χ4n) is 3.29. The molecule has 1 saturated heterocycles. The lowest BCUT2D eigenvalue weighted by atomic mass is 10.1. The summed E-state index contributed by atoms with van der Waals surface area (Å²) >= 11 is 0. The predicted octanol–water partition coefficient (Wildman–Crippen LogP) is 2.94. The molecule has 0 bridgehead atoms. The average molecular weight is 353 g/mol. The van der Waals surface area contributed by atoms with Crippen molar-refractivity contribution in [3.05, 3.63) is 35.9 Å². The third-order valence-corrected chi connectivity index (χ3v) is 4.82. The monoisotopic (exact) mass is 353 g/mol. The summed E-state index contributed by atoms with van der Waals surface area (Å²) in [7, 11) is 0. The normalized spacial score (nSPS) is 15.3. The minimum atomic E-state index is -0.0735. The molecule has 0 saturated carbocycles. The van der Waals surface area contributed by atoms with Crippen LogP contribution in [0.1, 0.15) is 26.3 Å². The molecule has 1 aromatic heterocycles. The maximum absolute atomic E-state index is 11.1. The van der Waals surface area contributed by atoms with Crippen LogP contribution in [0.3, 0.4) is 0 Å². The van der Waals surface area contributed by atoms with Crippen LogP contribution in [0.5, 0.6) is 0 Å².